The third kappa shape index (κ3) is 6.58. The van der Waals surface area contributed by atoms with Gasteiger partial charge in [0, 0.05) is 23.9 Å². The van der Waals surface area contributed by atoms with E-state index < -0.39 is 9.84 Å². The second-order valence-electron chi connectivity index (χ2n) is 6.83. The number of nitrogens with one attached hydrogen (secondary N) is 1. The van der Waals surface area contributed by atoms with E-state index in [0.717, 1.165) is 24.9 Å². The van der Waals surface area contributed by atoms with Gasteiger partial charge in [-0.1, -0.05) is 26.0 Å². The van der Waals surface area contributed by atoms with Gasteiger partial charge in [-0.2, -0.15) is 0 Å². The van der Waals surface area contributed by atoms with E-state index in [1.807, 2.05) is 12.1 Å². The molecular weight excluding hydrogens is 437 g/mol. The minimum Gasteiger partial charge on any atom is -0.370 e. The summed E-state index contributed by atoms with van der Waals surface area (Å²) in [7, 11) is -2.97. The van der Waals surface area contributed by atoms with Gasteiger partial charge in [0.1, 0.15) is 9.84 Å². The zero-order chi connectivity index (χ0) is 17.1. The van der Waals surface area contributed by atoms with Crippen molar-refractivity contribution in [1.29, 1.82) is 0 Å². The number of benzene rings is 1. The number of guanidine groups is 1. The lowest BCUT2D eigenvalue weighted by molar-refractivity contribution is 0.552. The van der Waals surface area contributed by atoms with Crippen LogP contribution in [-0.2, 0) is 9.84 Å². The topological polar surface area (TPSA) is 84.5 Å². The van der Waals surface area contributed by atoms with Crippen molar-refractivity contribution in [2.45, 2.75) is 39.0 Å². The summed E-state index contributed by atoms with van der Waals surface area (Å²) in [5, 5.41) is 3.07. The summed E-state index contributed by atoms with van der Waals surface area (Å²) < 4.78 is 22.9. The largest absolute Gasteiger partial charge is 0.370 e. The highest BCUT2D eigenvalue weighted by Crippen LogP contribution is 2.46. The smallest absolute Gasteiger partial charge is 0.193 e. The van der Waals surface area contributed by atoms with Crippen LogP contribution < -0.4 is 11.1 Å². The van der Waals surface area contributed by atoms with Gasteiger partial charge in [-0.3, -0.25) is 4.99 Å². The molecule has 1 aliphatic carbocycles. The molecule has 0 heterocycles. The Kier molecular flexibility index (Phi) is 7.52. The normalized spacial score (nSPS) is 17.7. The maximum absolute atomic E-state index is 11.4. The van der Waals surface area contributed by atoms with Crippen molar-refractivity contribution in [3.05, 3.63) is 29.8 Å². The lowest BCUT2D eigenvalue weighted by Crippen LogP contribution is -2.26. The van der Waals surface area contributed by atoms with E-state index in [9.17, 15) is 8.42 Å². The Bertz CT molecular complexity index is 668. The SMILES string of the molecule is CCC(C)c1ccc(NC(N)=NCC2(CS(C)(=O)=O)CC2)cc1.I. The third-order valence-electron chi connectivity index (χ3n) is 4.47. The first-order chi connectivity index (χ1) is 10.7. The average molecular weight is 465 g/mol. The fourth-order valence-electron chi connectivity index (χ4n) is 2.65. The molecule has 0 aromatic heterocycles. The summed E-state index contributed by atoms with van der Waals surface area (Å²) in [6.45, 7) is 4.84. The Morgan fingerprint density at radius 3 is 2.38 bits per heavy atom. The second-order valence-corrected chi connectivity index (χ2v) is 8.97. The number of rotatable bonds is 7. The van der Waals surface area contributed by atoms with E-state index in [1.54, 1.807) is 0 Å². The molecule has 0 radical (unpaired) electrons. The first-order valence-corrected chi connectivity index (χ1v) is 10.1. The van der Waals surface area contributed by atoms with Crippen molar-refractivity contribution in [3.8, 4) is 0 Å². The molecule has 1 aromatic rings. The summed E-state index contributed by atoms with van der Waals surface area (Å²) in [5.74, 6) is 1.07. The molecule has 0 spiro atoms. The monoisotopic (exact) mass is 465 g/mol. The van der Waals surface area contributed by atoms with Gasteiger partial charge in [0.15, 0.2) is 5.96 Å². The Hall–Kier alpha value is -0.830. The lowest BCUT2D eigenvalue weighted by atomic mass is 9.99. The fraction of sp³-hybridized carbons (Fsp3) is 0.588. The van der Waals surface area contributed by atoms with Crippen molar-refractivity contribution in [2.24, 2.45) is 16.1 Å². The molecule has 1 atom stereocenters. The van der Waals surface area contributed by atoms with Crippen LogP contribution in [0.25, 0.3) is 0 Å². The molecule has 0 saturated heterocycles. The van der Waals surface area contributed by atoms with E-state index in [2.05, 4.69) is 36.3 Å². The number of halogens is 1. The van der Waals surface area contributed by atoms with Crippen molar-refractivity contribution in [1.82, 2.24) is 0 Å². The minimum absolute atomic E-state index is 0. The molecule has 1 fully saturated rings. The summed E-state index contributed by atoms with van der Waals surface area (Å²) in [5.41, 5.74) is 7.92. The highest BCUT2D eigenvalue weighted by Gasteiger charge is 2.45. The van der Waals surface area contributed by atoms with Crippen molar-refractivity contribution < 1.29 is 8.42 Å². The summed E-state index contributed by atoms with van der Waals surface area (Å²) in [4.78, 5) is 4.33. The maximum Gasteiger partial charge on any atom is 0.193 e. The molecule has 0 bridgehead atoms. The molecule has 1 unspecified atom stereocenters. The van der Waals surface area contributed by atoms with E-state index >= 15 is 0 Å². The Balaban J connectivity index is 0.00000288. The Morgan fingerprint density at radius 1 is 1.33 bits per heavy atom. The molecule has 136 valence electrons. The van der Waals surface area contributed by atoms with Crippen molar-refractivity contribution >= 4 is 45.5 Å². The standard InChI is InChI=1S/C17H27N3O2S.HI/c1-4-13(2)14-5-7-15(8-6-14)20-16(18)19-11-17(9-10-17)12-23(3,21)22;/h5-8,13H,4,9-12H2,1-3H3,(H3,18,19,20);1H. The van der Waals surface area contributed by atoms with Crippen LogP contribution in [0, 0.1) is 5.41 Å². The van der Waals surface area contributed by atoms with E-state index in [-0.39, 0.29) is 35.1 Å². The van der Waals surface area contributed by atoms with Gasteiger partial charge in [-0.15, -0.1) is 24.0 Å². The van der Waals surface area contributed by atoms with E-state index in [4.69, 9.17) is 5.73 Å². The molecule has 1 saturated carbocycles. The molecule has 0 aliphatic heterocycles. The molecular formula is C17H28IN3O2S. The van der Waals surface area contributed by atoms with Crippen LogP contribution in [0.15, 0.2) is 29.3 Å². The highest BCUT2D eigenvalue weighted by atomic mass is 127. The third-order valence-corrected chi connectivity index (χ3v) is 5.61. The second kappa shape index (κ2) is 8.51. The van der Waals surface area contributed by atoms with Crippen LogP contribution in [0.2, 0.25) is 0 Å². The van der Waals surface area contributed by atoms with Gasteiger partial charge >= 0.3 is 0 Å². The van der Waals surface area contributed by atoms with Crippen LogP contribution >= 0.6 is 24.0 Å². The molecule has 7 heteroatoms. The zero-order valence-electron chi connectivity index (χ0n) is 14.6. The number of nitrogens with two attached hydrogens (primary N) is 1. The lowest BCUT2D eigenvalue weighted by Gasteiger charge is -2.13. The number of aliphatic imine (C=N–C) groups is 1. The fourth-order valence-corrected chi connectivity index (χ4v) is 4.14. The predicted molar refractivity (Wildman–Crippen MR) is 112 cm³/mol. The molecule has 24 heavy (non-hydrogen) atoms. The Labute approximate surface area is 162 Å². The molecule has 3 N–H and O–H groups in total. The molecule has 2 rings (SSSR count). The first-order valence-electron chi connectivity index (χ1n) is 8.08. The van der Waals surface area contributed by atoms with Gasteiger partial charge in [0.2, 0.25) is 0 Å². The molecule has 5 nitrogen and oxygen atoms in total. The molecule has 1 aliphatic rings. The molecule has 0 amide bonds. The number of nitrogens with zero attached hydrogens (tertiary/aromatic N) is 1. The maximum atomic E-state index is 11.4. The highest BCUT2D eigenvalue weighted by molar-refractivity contribution is 14.0. The van der Waals surface area contributed by atoms with Gasteiger partial charge in [0.05, 0.1) is 5.75 Å². The summed E-state index contributed by atoms with van der Waals surface area (Å²) in [6, 6.07) is 8.17. The van der Waals surface area contributed by atoms with Crippen LogP contribution in [0.3, 0.4) is 0 Å². The minimum atomic E-state index is -2.97. The predicted octanol–water partition coefficient (Wildman–Crippen LogP) is 3.37. The average Bonchev–Trinajstić information content (AvgIpc) is 3.23. The summed E-state index contributed by atoms with van der Waals surface area (Å²) in [6.07, 6.45) is 4.19. The number of hydrogen-bond acceptors (Lipinski definition) is 3. The van der Waals surface area contributed by atoms with E-state index in [0.29, 0.717) is 18.4 Å². The van der Waals surface area contributed by atoms with Gasteiger partial charge in [-0.05, 0) is 42.9 Å². The zero-order valence-corrected chi connectivity index (χ0v) is 17.7. The number of sulfone groups is 1. The quantitative estimate of drug-likeness (QED) is 0.368. The van der Waals surface area contributed by atoms with Crippen LogP contribution in [0.4, 0.5) is 5.69 Å². The van der Waals surface area contributed by atoms with Gasteiger partial charge in [-0.25, -0.2) is 8.42 Å². The molecule has 1 aromatic carbocycles. The van der Waals surface area contributed by atoms with Crippen LogP contribution in [0.1, 0.15) is 44.6 Å². The summed E-state index contributed by atoms with van der Waals surface area (Å²) >= 11 is 0. The van der Waals surface area contributed by atoms with Crippen molar-refractivity contribution in [3.63, 3.8) is 0 Å². The van der Waals surface area contributed by atoms with Crippen molar-refractivity contribution in [2.75, 3.05) is 23.9 Å². The number of anilines is 1. The van der Waals surface area contributed by atoms with Crippen LogP contribution in [0.5, 0.6) is 0 Å². The van der Waals surface area contributed by atoms with Gasteiger partial charge < -0.3 is 11.1 Å². The first kappa shape index (κ1) is 21.2. The Morgan fingerprint density at radius 2 is 1.92 bits per heavy atom. The van der Waals surface area contributed by atoms with E-state index in [1.165, 1.54) is 11.8 Å². The number of hydrogen-bond donors (Lipinski definition) is 2. The van der Waals surface area contributed by atoms with Crippen LogP contribution in [-0.4, -0.2) is 32.9 Å². The van der Waals surface area contributed by atoms with Gasteiger partial charge in [0.25, 0.3) is 0 Å².